The molecule has 4 heterocycles. The quantitative estimate of drug-likeness (QED) is 0.334. The predicted octanol–water partition coefficient (Wildman–Crippen LogP) is 5.01. The van der Waals surface area contributed by atoms with Crippen molar-refractivity contribution >= 4 is 11.0 Å². The summed E-state index contributed by atoms with van der Waals surface area (Å²) in [6.07, 6.45) is -0.102. The lowest BCUT2D eigenvalue weighted by molar-refractivity contribution is -0.140. The summed E-state index contributed by atoms with van der Waals surface area (Å²) < 4.78 is 43.9. The summed E-state index contributed by atoms with van der Waals surface area (Å²) in [6, 6.07) is 10.2. The number of hydrogen-bond acceptors (Lipinski definition) is 5. The Hall–Kier alpha value is -4.28. The number of rotatable bonds is 5. The van der Waals surface area contributed by atoms with Gasteiger partial charge >= 0.3 is 6.18 Å². The van der Waals surface area contributed by atoms with Crippen LogP contribution < -0.4 is 5.56 Å². The maximum Gasteiger partial charge on any atom is 0.434 e. The third-order valence-corrected chi connectivity index (χ3v) is 6.12. The Bertz CT molecular complexity index is 1660. The van der Waals surface area contributed by atoms with Crippen molar-refractivity contribution in [2.24, 2.45) is 7.05 Å². The third-order valence-electron chi connectivity index (χ3n) is 6.12. The molecule has 0 saturated carbocycles. The van der Waals surface area contributed by atoms with Gasteiger partial charge in [-0.05, 0) is 38.0 Å². The molecule has 0 fully saturated rings. The highest BCUT2D eigenvalue weighted by atomic mass is 19.4. The Labute approximate surface area is 210 Å². The molecule has 0 saturated heterocycles. The topological polar surface area (TPSA) is 83.4 Å². The fourth-order valence-corrected chi connectivity index (χ4v) is 4.27. The molecular weight excluding hydrogens is 483 g/mol. The van der Waals surface area contributed by atoms with Gasteiger partial charge in [0.1, 0.15) is 17.2 Å². The molecule has 0 radical (unpaired) electrons. The smallest absolute Gasteiger partial charge is 0.333 e. The van der Waals surface area contributed by atoms with Gasteiger partial charge in [-0.2, -0.15) is 18.3 Å². The molecule has 0 aliphatic heterocycles. The lowest BCUT2D eigenvalue weighted by Crippen LogP contribution is -2.21. The lowest BCUT2D eigenvalue weighted by Gasteiger charge is -2.13. The van der Waals surface area contributed by atoms with Gasteiger partial charge in [-0.3, -0.25) is 14.0 Å². The van der Waals surface area contributed by atoms with E-state index in [2.05, 4.69) is 15.1 Å². The number of hydrogen-bond donors (Lipinski definition) is 0. The van der Waals surface area contributed by atoms with Crippen molar-refractivity contribution in [1.82, 2.24) is 33.9 Å². The Morgan fingerprint density at radius 1 is 1.00 bits per heavy atom. The molecule has 0 unspecified atom stereocenters. The van der Waals surface area contributed by atoms with Crippen molar-refractivity contribution in [1.29, 1.82) is 0 Å². The first-order valence-electron chi connectivity index (χ1n) is 11.6. The molecule has 0 spiro atoms. The lowest BCUT2D eigenvalue weighted by atomic mass is 10.1. The van der Waals surface area contributed by atoms with Gasteiger partial charge in [0.2, 0.25) is 0 Å². The van der Waals surface area contributed by atoms with E-state index in [1.54, 1.807) is 47.3 Å². The van der Waals surface area contributed by atoms with E-state index in [0.717, 1.165) is 23.0 Å². The standard InChI is InChI=1S/C26H24F3N7O/c1-15(2)36-22(16(3)11-31-36)23-30-12-19-9-10-21(37)35(25(19)33-23)13-17-5-7-18(8-6-17)24-32-20(14-34(24)4)26(27,28)29/h5-12,14-15H,13H2,1-4H3. The molecule has 190 valence electrons. The Morgan fingerprint density at radius 3 is 2.38 bits per heavy atom. The molecule has 5 aromatic rings. The zero-order chi connectivity index (χ0) is 26.5. The first-order valence-corrected chi connectivity index (χ1v) is 11.6. The summed E-state index contributed by atoms with van der Waals surface area (Å²) in [5.41, 5.74) is 2.35. The Kier molecular flexibility index (Phi) is 5.93. The van der Waals surface area contributed by atoms with Crippen LogP contribution in [-0.4, -0.2) is 33.9 Å². The number of alkyl halides is 3. The molecule has 0 bridgehead atoms. The molecular formula is C26H24F3N7O. The van der Waals surface area contributed by atoms with Crippen LogP contribution in [0.3, 0.4) is 0 Å². The van der Waals surface area contributed by atoms with Crippen LogP contribution in [0.25, 0.3) is 33.9 Å². The fraction of sp³-hybridized carbons (Fsp3) is 0.269. The maximum atomic E-state index is 13.0. The number of pyridine rings is 1. The fourth-order valence-electron chi connectivity index (χ4n) is 4.27. The van der Waals surface area contributed by atoms with Gasteiger partial charge in [0, 0.05) is 42.5 Å². The van der Waals surface area contributed by atoms with Crippen molar-refractivity contribution < 1.29 is 13.2 Å². The second kappa shape index (κ2) is 8.99. The molecule has 0 atom stereocenters. The minimum absolute atomic E-state index is 0.102. The third kappa shape index (κ3) is 4.52. The van der Waals surface area contributed by atoms with Crippen molar-refractivity contribution in [3.8, 4) is 22.9 Å². The Morgan fingerprint density at radius 2 is 1.73 bits per heavy atom. The number of imidazole rings is 1. The van der Waals surface area contributed by atoms with Gasteiger partial charge in [0.05, 0.1) is 12.7 Å². The highest BCUT2D eigenvalue weighted by Gasteiger charge is 2.34. The molecule has 0 amide bonds. The molecule has 11 heteroatoms. The second-order valence-corrected chi connectivity index (χ2v) is 9.20. The molecule has 37 heavy (non-hydrogen) atoms. The molecule has 1 aromatic carbocycles. The number of benzene rings is 1. The normalized spacial score (nSPS) is 12.1. The van der Waals surface area contributed by atoms with Gasteiger partial charge in [0.15, 0.2) is 11.5 Å². The number of aromatic nitrogens is 7. The van der Waals surface area contributed by atoms with E-state index < -0.39 is 11.9 Å². The van der Waals surface area contributed by atoms with E-state index in [1.807, 2.05) is 25.5 Å². The van der Waals surface area contributed by atoms with Gasteiger partial charge in [-0.1, -0.05) is 24.3 Å². The minimum atomic E-state index is -4.52. The van der Waals surface area contributed by atoms with Gasteiger partial charge in [-0.15, -0.1) is 0 Å². The van der Waals surface area contributed by atoms with Crippen LogP contribution in [0, 0.1) is 6.92 Å². The molecule has 0 N–H and O–H groups in total. The molecule has 0 aliphatic rings. The Balaban J connectivity index is 1.52. The van der Waals surface area contributed by atoms with E-state index in [4.69, 9.17) is 4.98 Å². The molecule has 8 nitrogen and oxygen atoms in total. The van der Waals surface area contributed by atoms with Crippen LogP contribution >= 0.6 is 0 Å². The highest BCUT2D eigenvalue weighted by molar-refractivity contribution is 5.76. The van der Waals surface area contributed by atoms with E-state index in [9.17, 15) is 18.0 Å². The summed E-state index contributed by atoms with van der Waals surface area (Å²) >= 11 is 0. The highest BCUT2D eigenvalue weighted by Crippen LogP contribution is 2.31. The summed E-state index contributed by atoms with van der Waals surface area (Å²) in [5, 5.41) is 5.14. The first-order chi connectivity index (χ1) is 17.5. The maximum absolute atomic E-state index is 13.0. The van der Waals surface area contributed by atoms with E-state index in [1.165, 1.54) is 17.7 Å². The SMILES string of the molecule is Cc1cnn(C(C)C)c1-c1ncc2ccc(=O)n(Cc3ccc(-c4nc(C(F)(F)F)cn4C)cc3)c2n1. The summed E-state index contributed by atoms with van der Waals surface area (Å²) in [4.78, 5) is 25.9. The van der Waals surface area contributed by atoms with Crippen molar-refractivity contribution in [3.05, 3.63) is 82.2 Å². The van der Waals surface area contributed by atoms with Crippen LogP contribution in [0.4, 0.5) is 13.2 Å². The van der Waals surface area contributed by atoms with Crippen LogP contribution in [0.2, 0.25) is 0 Å². The van der Waals surface area contributed by atoms with Crippen LogP contribution in [0.5, 0.6) is 0 Å². The van der Waals surface area contributed by atoms with Crippen molar-refractivity contribution in [2.75, 3.05) is 0 Å². The van der Waals surface area contributed by atoms with Crippen LogP contribution in [-0.2, 0) is 19.8 Å². The zero-order valence-corrected chi connectivity index (χ0v) is 20.7. The average Bonchev–Trinajstić information content (AvgIpc) is 3.44. The van der Waals surface area contributed by atoms with E-state index >= 15 is 0 Å². The summed E-state index contributed by atoms with van der Waals surface area (Å²) in [6.45, 7) is 6.20. The zero-order valence-electron chi connectivity index (χ0n) is 20.7. The van der Waals surface area contributed by atoms with Gasteiger partial charge in [-0.25, -0.2) is 15.0 Å². The predicted molar refractivity (Wildman–Crippen MR) is 133 cm³/mol. The summed E-state index contributed by atoms with van der Waals surface area (Å²) in [5.74, 6) is 0.678. The molecule has 4 aromatic heterocycles. The van der Waals surface area contributed by atoms with Gasteiger partial charge in [0.25, 0.3) is 5.56 Å². The monoisotopic (exact) mass is 507 g/mol. The van der Waals surface area contributed by atoms with E-state index in [0.29, 0.717) is 22.4 Å². The summed E-state index contributed by atoms with van der Waals surface area (Å²) in [7, 11) is 1.52. The average molecular weight is 508 g/mol. The number of nitrogens with zero attached hydrogens (tertiary/aromatic N) is 7. The minimum Gasteiger partial charge on any atom is -0.333 e. The van der Waals surface area contributed by atoms with Gasteiger partial charge < -0.3 is 4.57 Å². The van der Waals surface area contributed by atoms with E-state index in [-0.39, 0.29) is 24.0 Å². The van der Waals surface area contributed by atoms with Crippen LogP contribution in [0.1, 0.15) is 36.7 Å². The van der Waals surface area contributed by atoms with Crippen molar-refractivity contribution in [3.63, 3.8) is 0 Å². The molecule has 5 rings (SSSR count). The second-order valence-electron chi connectivity index (χ2n) is 9.20. The largest absolute Gasteiger partial charge is 0.434 e. The van der Waals surface area contributed by atoms with Crippen LogP contribution in [0.15, 0.2) is 59.8 Å². The molecule has 0 aliphatic carbocycles. The number of fused-ring (bicyclic) bond motifs is 1. The number of aryl methyl sites for hydroxylation is 2. The first kappa shape index (κ1) is 24.4. The van der Waals surface area contributed by atoms with Crippen molar-refractivity contribution in [2.45, 2.75) is 39.5 Å². The number of halogens is 3.